The summed E-state index contributed by atoms with van der Waals surface area (Å²) in [7, 11) is -2.38. The van der Waals surface area contributed by atoms with E-state index in [0.29, 0.717) is 21.9 Å². The molecule has 0 saturated carbocycles. The molecule has 0 aliphatic carbocycles. The normalized spacial score (nSPS) is 13.5. The number of imide groups is 1. The first kappa shape index (κ1) is 19.0. The molecule has 1 aromatic heterocycles. The highest BCUT2D eigenvalue weighted by Gasteiger charge is 2.35. The monoisotopic (exact) mass is 430 g/mol. The van der Waals surface area contributed by atoms with Crippen LogP contribution in [0.15, 0.2) is 53.4 Å². The van der Waals surface area contributed by atoms with E-state index in [-0.39, 0.29) is 16.6 Å². The number of aromatic nitrogens is 2. The molecule has 0 saturated heterocycles. The summed E-state index contributed by atoms with van der Waals surface area (Å²) in [6.45, 7) is -0.0890. The van der Waals surface area contributed by atoms with E-state index in [2.05, 4.69) is 14.9 Å². The van der Waals surface area contributed by atoms with Crippen molar-refractivity contribution in [3.8, 4) is 5.75 Å². The third kappa shape index (κ3) is 3.57. The second kappa shape index (κ2) is 7.26. The van der Waals surface area contributed by atoms with Gasteiger partial charge in [0, 0.05) is 0 Å². The van der Waals surface area contributed by atoms with Crippen LogP contribution in [0.25, 0.3) is 0 Å². The third-order valence-corrected chi connectivity index (χ3v) is 6.54. The smallest absolute Gasteiger partial charge is 0.263 e. The molecule has 0 unspecified atom stereocenters. The molecule has 4 rings (SSSR count). The Morgan fingerprint density at radius 3 is 2.21 bits per heavy atom. The fourth-order valence-corrected chi connectivity index (χ4v) is 4.76. The number of ether oxygens (including phenoxy) is 1. The van der Waals surface area contributed by atoms with Gasteiger partial charge in [-0.1, -0.05) is 23.5 Å². The van der Waals surface area contributed by atoms with Crippen molar-refractivity contribution >= 4 is 38.3 Å². The van der Waals surface area contributed by atoms with Gasteiger partial charge in [-0.3, -0.25) is 19.2 Å². The maximum Gasteiger partial charge on any atom is 0.263 e. The summed E-state index contributed by atoms with van der Waals surface area (Å²) < 4.78 is 32.3. The minimum absolute atomic E-state index is 0.0347. The highest BCUT2D eigenvalue weighted by Crippen LogP contribution is 2.27. The van der Waals surface area contributed by atoms with Crippen molar-refractivity contribution < 1.29 is 22.7 Å². The highest BCUT2D eigenvalue weighted by atomic mass is 32.2. The minimum atomic E-state index is -3.86. The number of amides is 2. The van der Waals surface area contributed by atoms with Gasteiger partial charge in [-0.2, -0.15) is 0 Å². The lowest BCUT2D eigenvalue weighted by molar-refractivity contribution is 0.0642. The van der Waals surface area contributed by atoms with Gasteiger partial charge >= 0.3 is 0 Å². The summed E-state index contributed by atoms with van der Waals surface area (Å²) in [5.41, 5.74) is 0.671. The Hall–Kier alpha value is -3.31. The van der Waals surface area contributed by atoms with E-state index in [1.54, 1.807) is 24.3 Å². The fourth-order valence-electron chi connectivity index (χ4n) is 2.81. The van der Waals surface area contributed by atoms with Crippen LogP contribution in [0, 0.1) is 0 Å². The molecule has 2 heterocycles. The number of hydrogen-bond acceptors (Lipinski definition) is 8. The van der Waals surface area contributed by atoms with Crippen LogP contribution in [0.4, 0.5) is 5.13 Å². The van der Waals surface area contributed by atoms with Crippen LogP contribution in [0.2, 0.25) is 0 Å². The molecule has 29 heavy (non-hydrogen) atoms. The zero-order chi connectivity index (χ0) is 20.6. The highest BCUT2D eigenvalue weighted by molar-refractivity contribution is 7.93. The molecule has 9 nitrogen and oxygen atoms in total. The lowest BCUT2D eigenvalue weighted by Crippen LogP contribution is -2.29. The first-order chi connectivity index (χ1) is 13.9. The standard InChI is InChI=1S/C18H14N4O5S2/c1-27-11-6-8-12(9-7-11)29(25,26)21-18-20-19-15(28-18)10-22-16(23)13-4-2-3-5-14(13)17(22)24/h2-9H,10H2,1H3,(H,20,21). The average molecular weight is 430 g/mol. The number of sulfonamides is 1. The summed E-state index contributed by atoms with van der Waals surface area (Å²) in [4.78, 5) is 25.9. The van der Waals surface area contributed by atoms with Crippen LogP contribution in [-0.2, 0) is 16.6 Å². The number of methoxy groups -OCH3 is 1. The number of carbonyl (C=O) groups is 2. The van der Waals surface area contributed by atoms with Gasteiger partial charge in [0.25, 0.3) is 21.8 Å². The van der Waals surface area contributed by atoms with Crippen LogP contribution in [0.3, 0.4) is 0 Å². The third-order valence-electron chi connectivity index (χ3n) is 4.23. The second-order valence-electron chi connectivity index (χ2n) is 6.02. The predicted molar refractivity (Wildman–Crippen MR) is 104 cm³/mol. The maximum atomic E-state index is 12.5. The minimum Gasteiger partial charge on any atom is -0.497 e. The van der Waals surface area contributed by atoms with E-state index in [9.17, 15) is 18.0 Å². The van der Waals surface area contributed by atoms with E-state index >= 15 is 0 Å². The van der Waals surface area contributed by atoms with Gasteiger partial charge in [0.2, 0.25) is 5.13 Å². The Labute approximate surface area is 170 Å². The Morgan fingerprint density at radius 2 is 1.62 bits per heavy atom. The number of anilines is 1. The lowest BCUT2D eigenvalue weighted by Gasteiger charge is -2.10. The number of nitrogens with zero attached hydrogens (tertiary/aromatic N) is 3. The van der Waals surface area contributed by atoms with E-state index in [1.807, 2.05) is 0 Å². The first-order valence-corrected chi connectivity index (χ1v) is 10.6. The largest absolute Gasteiger partial charge is 0.497 e. The molecular weight excluding hydrogens is 416 g/mol. The first-order valence-electron chi connectivity index (χ1n) is 8.33. The van der Waals surface area contributed by atoms with Crippen molar-refractivity contribution in [3.05, 3.63) is 64.7 Å². The molecular formula is C18H14N4O5S2. The number of benzene rings is 2. The summed E-state index contributed by atoms with van der Waals surface area (Å²) in [5, 5.41) is 8.06. The Kier molecular flexibility index (Phi) is 4.76. The van der Waals surface area contributed by atoms with Crippen LogP contribution in [0.5, 0.6) is 5.75 Å². The predicted octanol–water partition coefficient (Wildman–Crippen LogP) is 2.14. The van der Waals surface area contributed by atoms with Gasteiger partial charge in [0.15, 0.2) is 0 Å². The van der Waals surface area contributed by atoms with Crippen LogP contribution in [0.1, 0.15) is 25.7 Å². The van der Waals surface area contributed by atoms with Crippen LogP contribution < -0.4 is 9.46 Å². The van der Waals surface area contributed by atoms with Gasteiger partial charge in [0.05, 0.1) is 29.7 Å². The molecule has 1 aliphatic rings. The van der Waals surface area contributed by atoms with E-state index < -0.39 is 21.8 Å². The molecule has 2 amide bonds. The molecule has 11 heteroatoms. The van der Waals surface area contributed by atoms with Gasteiger partial charge in [-0.25, -0.2) is 8.42 Å². The van der Waals surface area contributed by atoms with E-state index in [4.69, 9.17) is 4.74 Å². The number of nitrogens with one attached hydrogen (secondary N) is 1. The van der Waals surface area contributed by atoms with Crippen molar-refractivity contribution in [1.82, 2.24) is 15.1 Å². The Bertz CT molecular complexity index is 1170. The number of hydrogen-bond donors (Lipinski definition) is 1. The van der Waals surface area contributed by atoms with E-state index in [1.165, 1.54) is 31.4 Å². The van der Waals surface area contributed by atoms with Gasteiger partial charge in [0.1, 0.15) is 10.8 Å². The van der Waals surface area contributed by atoms with Crippen molar-refractivity contribution in [2.45, 2.75) is 11.4 Å². The van der Waals surface area contributed by atoms with Crippen LogP contribution in [-0.4, -0.2) is 42.4 Å². The van der Waals surface area contributed by atoms with Crippen molar-refractivity contribution in [1.29, 1.82) is 0 Å². The second-order valence-corrected chi connectivity index (χ2v) is 8.77. The lowest BCUT2D eigenvalue weighted by atomic mass is 10.1. The molecule has 0 fully saturated rings. The summed E-state index contributed by atoms with van der Waals surface area (Å²) in [5.74, 6) is -0.301. The zero-order valence-corrected chi connectivity index (χ0v) is 16.7. The molecule has 0 spiro atoms. The molecule has 0 atom stereocenters. The molecule has 0 bridgehead atoms. The zero-order valence-electron chi connectivity index (χ0n) is 15.0. The molecule has 1 N–H and O–H groups in total. The summed E-state index contributed by atoms with van der Waals surface area (Å²) in [6.07, 6.45) is 0. The van der Waals surface area contributed by atoms with Gasteiger partial charge in [-0.05, 0) is 36.4 Å². The molecule has 3 aromatic rings. The maximum absolute atomic E-state index is 12.5. The SMILES string of the molecule is COc1ccc(S(=O)(=O)Nc2nnc(CN3C(=O)c4ccccc4C3=O)s2)cc1. The molecule has 148 valence electrons. The number of carbonyl (C=O) groups excluding carboxylic acids is 2. The van der Waals surface area contributed by atoms with Crippen molar-refractivity contribution in [2.24, 2.45) is 0 Å². The topological polar surface area (TPSA) is 119 Å². The van der Waals surface area contributed by atoms with E-state index in [0.717, 1.165) is 16.2 Å². The number of fused-ring (bicyclic) bond motifs is 1. The van der Waals surface area contributed by atoms with Gasteiger partial charge in [-0.15, -0.1) is 10.2 Å². The Balaban J connectivity index is 1.49. The van der Waals surface area contributed by atoms with Gasteiger partial charge < -0.3 is 4.74 Å². The Morgan fingerprint density at radius 1 is 1.00 bits per heavy atom. The number of rotatable bonds is 6. The fraction of sp³-hybridized carbons (Fsp3) is 0.111. The molecule has 0 radical (unpaired) electrons. The molecule has 1 aliphatic heterocycles. The average Bonchev–Trinajstić information content (AvgIpc) is 3.26. The quantitative estimate of drug-likeness (QED) is 0.595. The summed E-state index contributed by atoms with van der Waals surface area (Å²) >= 11 is 0.948. The molecule has 2 aromatic carbocycles. The van der Waals surface area contributed by atoms with Crippen molar-refractivity contribution in [3.63, 3.8) is 0 Å². The van der Waals surface area contributed by atoms with Crippen LogP contribution >= 0.6 is 11.3 Å². The summed E-state index contributed by atoms with van der Waals surface area (Å²) in [6, 6.07) is 12.4. The van der Waals surface area contributed by atoms with Crippen molar-refractivity contribution in [2.75, 3.05) is 11.8 Å².